The molecule has 22 heteroatoms. The number of nitrogens with two attached hydrogens (primary N) is 2. The zero-order valence-electron chi connectivity index (χ0n) is 24.1. The molecule has 3 amide bonds. The fourth-order valence-electron chi connectivity index (χ4n) is 4.29. The van der Waals surface area contributed by atoms with E-state index in [4.69, 9.17) is 16.4 Å². The van der Waals surface area contributed by atoms with Gasteiger partial charge in [0.05, 0.1) is 0 Å². The average molecular weight is 692 g/mol. The molecule has 0 aliphatic carbocycles. The molecule has 3 aromatic heterocycles. The second-order valence-corrected chi connectivity index (χ2v) is 13.2. The Morgan fingerprint density at radius 3 is 2.59 bits per heavy atom. The number of carbonyl (C=O) groups is 5. The van der Waals surface area contributed by atoms with Gasteiger partial charge in [0, 0.05) is 22.6 Å². The van der Waals surface area contributed by atoms with Crippen LogP contribution in [0, 0.1) is 6.92 Å². The zero-order chi connectivity index (χ0) is 33.5. The maximum atomic E-state index is 13.4. The van der Waals surface area contributed by atoms with Gasteiger partial charge in [-0.05, 0) is 32.4 Å². The number of fused-ring (bicyclic) bond motifs is 2. The molecule has 2 aliphatic heterocycles. The van der Waals surface area contributed by atoms with Crippen molar-refractivity contribution in [2.45, 2.75) is 42.8 Å². The third-order valence-corrected chi connectivity index (χ3v) is 9.65. The second-order valence-electron chi connectivity index (χ2n) is 10.2. The summed E-state index contributed by atoms with van der Waals surface area (Å²) in [7, 11) is 0. The fraction of sp³-hybridized carbons (Fsp3) is 0.333. The number of nitrogen functional groups attached to an aromatic ring is 1. The van der Waals surface area contributed by atoms with E-state index in [-0.39, 0.29) is 39.5 Å². The van der Waals surface area contributed by atoms with E-state index in [9.17, 15) is 34.2 Å². The van der Waals surface area contributed by atoms with E-state index in [1.807, 2.05) is 5.43 Å². The van der Waals surface area contributed by atoms with Crippen molar-refractivity contribution in [2.75, 3.05) is 17.2 Å². The van der Waals surface area contributed by atoms with Gasteiger partial charge < -0.3 is 26.1 Å². The number of β-lactam (4-membered cyclic amide) rings is 1. The molecule has 1 fully saturated rings. The molecule has 5 heterocycles. The first-order chi connectivity index (χ1) is 21.7. The van der Waals surface area contributed by atoms with Crippen LogP contribution in [-0.4, -0.2) is 104 Å². The topological polar surface area (TPSA) is 283 Å². The molecule has 0 aromatic carbocycles. The SMILES string of the molecule is Cc1cc(SCC2=C(C(=O)O)N3C(=O)C(NC(=O)C(=NOC(C)(C)C(=O)NN)c4csc(N)n4)[C@@H]3SC2)n2nc(C(=O)O)nc2n1. The molecule has 2 atom stereocenters. The molecule has 8 N–H and O–H groups in total. The predicted molar refractivity (Wildman–Crippen MR) is 163 cm³/mol. The number of thiazole rings is 1. The van der Waals surface area contributed by atoms with Gasteiger partial charge in [0.25, 0.3) is 29.3 Å². The Bertz CT molecular complexity index is 1850. The van der Waals surface area contributed by atoms with Gasteiger partial charge in [0.15, 0.2) is 10.8 Å². The van der Waals surface area contributed by atoms with E-state index < -0.39 is 52.5 Å². The Kier molecular flexibility index (Phi) is 8.88. The van der Waals surface area contributed by atoms with Crippen LogP contribution >= 0.6 is 34.9 Å². The van der Waals surface area contributed by atoms with E-state index >= 15 is 0 Å². The van der Waals surface area contributed by atoms with E-state index in [2.05, 4.69) is 30.5 Å². The van der Waals surface area contributed by atoms with Crippen molar-refractivity contribution in [3.8, 4) is 0 Å². The van der Waals surface area contributed by atoms with Crippen LogP contribution in [0.3, 0.4) is 0 Å². The number of hydrogen-bond donors (Lipinski definition) is 6. The number of anilines is 1. The molecule has 0 spiro atoms. The van der Waals surface area contributed by atoms with Crippen molar-refractivity contribution in [1.29, 1.82) is 0 Å². The van der Waals surface area contributed by atoms with Crippen molar-refractivity contribution < 1.29 is 39.0 Å². The van der Waals surface area contributed by atoms with Crippen molar-refractivity contribution in [2.24, 2.45) is 11.0 Å². The maximum Gasteiger partial charge on any atom is 0.375 e. The van der Waals surface area contributed by atoms with Crippen molar-refractivity contribution in [1.82, 2.24) is 40.2 Å². The van der Waals surface area contributed by atoms with E-state index in [1.54, 1.807) is 13.0 Å². The van der Waals surface area contributed by atoms with Gasteiger partial charge in [0.1, 0.15) is 27.8 Å². The number of oxime groups is 1. The third-order valence-electron chi connectivity index (χ3n) is 6.55. The van der Waals surface area contributed by atoms with Crippen LogP contribution < -0.4 is 22.3 Å². The number of carbonyl (C=O) groups excluding carboxylic acids is 3. The van der Waals surface area contributed by atoms with Gasteiger partial charge >= 0.3 is 11.9 Å². The molecule has 0 radical (unpaired) electrons. The number of aromatic carboxylic acids is 1. The van der Waals surface area contributed by atoms with Crippen LogP contribution in [0.5, 0.6) is 0 Å². The van der Waals surface area contributed by atoms with Gasteiger partial charge in [0.2, 0.25) is 5.60 Å². The Hall–Kier alpha value is -4.80. The highest BCUT2D eigenvalue weighted by Crippen LogP contribution is 2.41. The molecule has 1 saturated heterocycles. The predicted octanol–water partition coefficient (Wildman–Crippen LogP) is -0.810. The number of hydrogen-bond acceptors (Lipinski definition) is 16. The van der Waals surface area contributed by atoms with Crippen molar-refractivity contribution in [3.63, 3.8) is 0 Å². The summed E-state index contributed by atoms with van der Waals surface area (Å²) in [6.45, 7) is 4.42. The lowest BCUT2D eigenvalue weighted by Gasteiger charge is -2.49. The van der Waals surface area contributed by atoms with E-state index in [0.717, 1.165) is 16.2 Å². The lowest BCUT2D eigenvalue weighted by molar-refractivity contribution is -0.150. The highest BCUT2D eigenvalue weighted by atomic mass is 32.2. The summed E-state index contributed by atoms with van der Waals surface area (Å²) in [5, 5.41) is 31.0. The Balaban J connectivity index is 1.35. The summed E-state index contributed by atoms with van der Waals surface area (Å²) < 4.78 is 1.25. The molecule has 5 rings (SSSR count). The van der Waals surface area contributed by atoms with Crippen LogP contribution in [0.1, 0.15) is 35.9 Å². The van der Waals surface area contributed by atoms with Crippen LogP contribution in [0.2, 0.25) is 0 Å². The molecule has 19 nitrogen and oxygen atoms in total. The summed E-state index contributed by atoms with van der Waals surface area (Å²) in [5.74, 6) is 0.202. The Morgan fingerprint density at radius 2 is 1.96 bits per heavy atom. The quantitative estimate of drug-likeness (QED) is 0.0273. The van der Waals surface area contributed by atoms with Gasteiger partial charge in [-0.1, -0.05) is 5.16 Å². The molecule has 3 aromatic rings. The smallest absolute Gasteiger partial charge is 0.375 e. The number of aliphatic carboxylic acids is 1. The second kappa shape index (κ2) is 12.5. The number of aryl methyl sites for hydroxylation is 1. The maximum absolute atomic E-state index is 13.4. The highest BCUT2D eigenvalue weighted by molar-refractivity contribution is 8.01. The summed E-state index contributed by atoms with van der Waals surface area (Å²) in [6, 6.07) is 0.537. The van der Waals surface area contributed by atoms with Crippen molar-refractivity contribution in [3.05, 3.63) is 39.9 Å². The number of carboxylic acids is 2. The number of hydrazine groups is 1. The van der Waals surface area contributed by atoms with Crippen LogP contribution in [0.25, 0.3) is 5.78 Å². The Labute approximate surface area is 270 Å². The van der Waals surface area contributed by atoms with Gasteiger partial charge in [-0.15, -0.1) is 40.0 Å². The average Bonchev–Trinajstić information content (AvgIpc) is 3.64. The molecule has 0 saturated carbocycles. The highest BCUT2D eigenvalue weighted by Gasteiger charge is 2.54. The normalized spacial score (nSPS) is 18.2. The number of thioether (sulfide) groups is 2. The minimum absolute atomic E-state index is 0.0256. The largest absolute Gasteiger partial charge is 0.477 e. The monoisotopic (exact) mass is 691 g/mol. The number of nitrogens with one attached hydrogen (secondary N) is 2. The summed E-state index contributed by atoms with van der Waals surface area (Å²) in [5.41, 5.74) is 6.47. The number of carboxylic acid groups (broad SMARTS) is 2. The van der Waals surface area contributed by atoms with Crippen LogP contribution in [0.15, 0.2) is 32.9 Å². The first-order valence-electron chi connectivity index (χ1n) is 13.0. The van der Waals surface area contributed by atoms with Gasteiger partial charge in [-0.3, -0.25) is 24.7 Å². The molecule has 0 bridgehead atoms. The lowest BCUT2D eigenvalue weighted by atomic mass is 10.0. The van der Waals surface area contributed by atoms with E-state index in [1.165, 1.54) is 47.3 Å². The van der Waals surface area contributed by atoms with Crippen molar-refractivity contribution >= 4 is 81.1 Å². The molecule has 1 unspecified atom stereocenters. The summed E-state index contributed by atoms with van der Waals surface area (Å²) >= 11 is 3.44. The standard InChI is InChI=1S/C24H25N11O8S3/c1-8-4-11(35-23(27-8)30-15(32-35)20(40)41)44-5-9-6-45-18-13(17(37)34(18)14(9)19(38)39)29-16(36)12(10-7-46-22(25)28-10)33-43-24(2,3)21(42)31-26/h4,7,13,18H,5-6,26H2,1-3H3,(H2,25,28)(H,29,36)(H,31,42)(H,38,39)(H,40,41)/t13?,18-/m0/s1. The third kappa shape index (κ3) is 6.18. The number of amides is 3. The number of aromatic nitrogens is 5. The van der Waals surface area contributed by atoms with Crippen LogP contribution in [-0.2, 0) is 24.0 Å². The minimum atomic E-state index is -1.58. The molecular weight excluding hydrogens is 667 g/mol. The molecule has 242 valence electrons. The summed E-state index contributed by atoms with van der Waals surface area (Å²) in [4.78, 5) is 80.9. The number of rotatable bonds is 11. The first-order valence-corrected chi connectivity index (χ1v) is 15.9. The summed E-state index contributed by atoms with van der Waals surface area (Å²) in [6.07, 6.45) is 0. The molecule has 46 heavy (non-hydrogen) atoms. The minimum Gasteiger partial charge on any atom is -0.477 e. The molecular formula is C24H25N11O8S3. The van der Waals surface area contributed by atoms with Gasteiger partial charge in [-0.2, -0.15) is 9.50 Å². The zero-order valence-corrected chi connectivity index (χ0v) is 26.5. The van der Waals surface area contributed by atoms with Crippen LogP contribution in [0.4, 0.5) is 5.13 Å². The first kappa shape index (κ1) is 32.6. The fourth-order valence-corrected chi connectivity index (χ4v) is 7.37. The van der Waals surface area contributed by atoms with Gasteiger partial charge in [-0.25, -0.2) is 25.4 Å². The lowest BCUT2D eigenvalue weighted by Crippen LogP contribution is -2.71. The molecule has 2 aliphatic rings. The number of nitrogens with zero attached hydrogens (tertiary/aromatic N) is 7. The Morgan fingerprint density at radius 1 is 1.22 bits per heavy atom. The van der Waals surface area contributed by atoms with E-state index in [0.29, 0.717) is 16.3 Å².